The Morgan fingerprint density at radius 1 is 1.00 bits per heavy atom. The Balaban J connectivity index is 1.47. The monoisotopic (exact) mass is 395 g/mol. The minimum Gasteiger partial charge on any atom is -0.489 e. The summed E-state index contributed by atoms with van der Waals surface area (Å²) in [6, 6.07) is 20.3. The van der Waals surface area contributed by atoms with Crippen LogP contribution in [0.3, 0.4) is 0 Å². The lowest BCUT2D eigenvalue weighted by Gasteiger charge is -2.13. The summed E-state index contributed by atoms with van der Waals surface area (Å²) < 4.78 is 10.9. The molecule has 1 atom stereocenters. The maximum absolute atomic E-state index is 12.2. The highest BCUT2D eigenvalue weighted by Gasteiger charge is 2.18. The number of hydrogen-bond acceptors (Lipinski definition) is 5. The first-order valence-corrected chi connectivity index (χ1v) is 9.77. The zero-order valence-corrected chi connectivity index (χ0v) is 16.3. The maximum Gasteiger partial charge on any atom is 0.338 e. The summed E-state index contributed by atoms with van der Waals surface area (Å²) in [4.78, 5) is 25.4. The van der Waals surface area contributed by atoms with Crippen molar-refractivity contribution in [3.8, 4) is 5.75 Å². The number of esters is 1. The Kier molecular flexibility index (Phi) is 6.81. The number of amides is 1. The molecule has 0 aliphatic heterocycles. The van der Waals surface area contributed by atoms with Crippen LogP contribution < -0.4 is 10.1 Å². The molecule has 3 rings (SSSR count). The molecule has 0 radical (unpaired) electrons. The third-order valence-corrected chi connectivity index (χ3v) is 4.88. The van der Waals surface area contributed by atoms with Gasteiger partial charge in [0.25, 0.3) is 5.91 Å². The van der Waals surface area contributed by atoms with Crippen molar-refractivity contribution in [2.24, 2.45) is 0 Å². The van der Waals surface area contributed by atoms with Gasteiger partial charge in [0.1, 0.15) is 12.4 Å². The molecule has 28 heavy (non-hydrogen) atoms. The van der Waals surface area contributed by atoms with Gasteiger partial charge >= 0.3 is 5.97 Å². The standard InChI is InChI=1S/C22H21NO4S/c1-16(21(24)23-14-20-8-5-13-28-20)27-22(25)18-9-11-19(12-10-18)26-15-17-6-3-2-4-7-17/h2-13,16H,14-15H2,1H3,(H,23,24)/t16-/m1/s1. The number of benzene rings is 2. The Labute approximate surface area is 167 Å². The first-order valence-electron chi connectivity index (χ1n) is 8.89. The second-order valence-electron chi connectivity index (χ2n) is 6.14. The van der Waals surface area contributed by atoms with Gasteiger partial charge in [-0.1, -0.05) is 36.4 Å². The minimum absolute atomic E-state index is 0.329. The smallest absolute Gasteiger partial charge is 0.338 e. The lowest BCUT2D eigenvalue weighted by molar-refractivity contribution is -0.129. The quantitative estimate of drug-likeness (QED) is 0.581. The van der Waals surface area contributed by atoms with Crippen molar-refractivity contribution in [3.63, 3.8) is 0 Å². The Bertz CT molecular complexity index is 892. The van der Waals surface area contributed by atoms with Gasteiger partial charge in [-0.2, -0.15) is 0 Å². The number of carbonyl (C=O) groups is 2. The van der Waals surface area contributed by atoms with Crippen LogP contribution >= 0.6 is 11.3 Å². The van der Waals surface area contributed by atoms with Gasteiger partial charge in [0.15, 0.2) is 6.10 Å². The summed E-state index contributed by atoms with van der Waals surface area (Å²) >= 11 is 1.56. The highest BCUT2D eigenvalue weighted by molar-refractivity contribution is 7.09. The average molecular weight is 395 g/mol. The van der Waals surface area contributed by atoms with Gasteiger partial charge in [0, 0.05) is 4.88 Å². The van der Waals surface area contributed by atoms with Crippen LogP contribution in [-0.2, 0) is 22.7 Å². The Hall–Kier alpha value is -3.12. The highest BCUT2D eigenvalue weighted by atomic mass is 32.1. The van der Waals surface area contributed by atoms with Crippen LogP contribution in [0.1, 0.15) is 27.7 Å². The molecule has 6 heteroatoms. The van der Waals surface area contributed by atoms with Crippen LogP contribution in [0.2, 0.25) is 0 Å². The number of hydrogen-bond donors (Lipinski definition) is 1. The molecule has 0 spiro atoms. The van der Waals surface area contributed by atoms with Crippen molar-refractivity contribution in [1.29, 1.82) is 0 Å². The predicted molar refractivity (Wildman–Crippen MR) is 108 cm³/mol. The van der Waals surface area contributed by atoms with Crippen LogP contribution in [0.5, 0.6) is 5.75 Å². The molecule has 0 saturated carbocycles. The van der Waals surface area contributed by atoms with E-state index in [-0.39, 0.29) is 5.91 Å². The van der Waals surface area contributed by atoms with Gasteiger partial charge in [-0.25, -0.2) is 4.79 Å². The first-order chi connectivity index (χ1) is 13.6. The molecule has 1 aromatic heterocycles. The molecule has 0 bridgehead atoms. The third-order valence-electron chi connectivity index (χ3n) is 4.01. The first kappa shape index (κ1) is 19.6. The van der Waals surface area contributed by atoms with Gasteiger partial charge in [-0.3, -0.25) is 4.79 Å². The fraction of sp³-hybridized carbons (Fsp3) is 0.182. The van der Waals surface area contributed by atoms with Crippen molar-refractivity contribution in [1.82, 2.24) is 5.32 Å². The third kappa shape index (κ3) is 5.69. The van der Waals surface area contributed by atoms with E-state index in [1.807, 2.05) is 47.8 Å². The molecule has 0 aliphatic rings. The van der Waals surface area contributed by atoms with E-state index in [1.54, 1.807) is 42.5 Å². The van der Waals surface area contributed by atoms with Crippen LogP contribution in [0.4, 0.5) is 0 Å². The predicted octanol–water partition coefficient (Wildman–Crippen LogP) is 4.19. The maximum atomic E-state index is 12.2. The molecule has 0 fully saturated rings. The Morgan fingerprint density at radius 3 is 2.43 bits per heavy atom. The van der Waals surface area contributed by atoms with Crippen LogP contribution in [0.25, 0.3) is 0 Å². The number of nitrogens with one attached hydrogen (secondary N) is 1. The van der Waals surface area contributed by atoms with E-state index < -0.39 is 12.1 Å². The number of rotatable bonds is 8. The molecule has 3 aromatic rings. The van der Waals surface area contributed by atoms with E-state index in [4.69, 9.17) is 9.47 Å². The van der Waals surface area contributed by atoms with E-state index in [9.17, 15) is 9.59 Å². The molecule has 0 saturated heterocycles. The van der Waals surface area contributed by atoms with E-state index >= 15 is 0 Å². The lowest BCUT2D eigenvalue weighted by Crippen LogP contribution is -2.35. The van der Waals surface area contributed by atoms with Crippen molar-refractivity contribution in [2.45, 2.75) is 26.2 Å². The van der Waals surface area contributed by atoms with Gasteiger partial charge in [0.2, 0.25) is 0 Å². The molecule has 0 unspecified atom stereocenters. The van der Waals surface area contributed by atoms with E-state index in [0.717, 1.165) is 10.4 Å². The number of carbonyl (C=O) groups excluding carboxylic acids is 2. The molecular weight excluding hydrogens is 374 g/mol. The average Bonchev–Trinajstić information content (AvgIpc) is 3.25. The molecule has 5 nitrogen and oxygen atoms in total. The molecule has 2 aromatic carbocycles. The van der Waals surface area contributed by atoms with Crippen LogP contribution in [0, 0.1) is 0 Å². The molecular formula is C22H21NO4S. The zero-order chi connectivity index (χ0) is 19.8. The normalized spacial score (nSPS) is 11.5. The highest BCUT2D eigenvalue weighted by Crippen LogP contribution is 2.15. The largest absolute Gasteiger partial charge is 0.489 e. The van der Waals surface area contributed by atoms with Crippen LogP contribution in [-0.4, -0.2) is 18.0 Å². The van der Waals surface area contributed by atoms with Gasteiger partial charge < -0.3 is 14.8 Å². The SMILES string of the molecule is C[C@@H](OC(=O)c1ccc(OCc2ccccc2)cc1)C(=O)NCc1cccs1. The van der Waals surface area contributed by atoms with Crippen molar-refractivity contribution in [2.75, 3.05) is 0 Å². The molecule has 1 N–H and O–H groups in total. The van der Waals surface area contributed by atoms with Gasteiger partial charge in [-0.15, -0.1) is 11.3 Å². The number of thiophene rings is 1. The summed E-state index contributed by atoms with van der Waals surface area (Å²) in [7, 11) is 0. The van der Waals surface area contributed by atoms with E-state index in [2.05, 4.69) is 5.32 Å². The molecule has 0 aliphatic carbocycles. The number of ether oxygens (including phenoxy) is 2. The summed E-state index contributed by atoms with van der Waals surface area (Å²) in [6.45, 7) is 2.43. The Morgan fingerprint density at radius 2 is 1.75 bits per heavy atom. The molecule has 144 valence electrons. The van der Waals surface area contributed by atoms with Crippen LogP contribution in [0.15, 0.2) is 72.1 Å². The fourth-order valence-electron chi connectivity index (χ4n) is 2.44. The van der Waals surface area contributed by atoms with Gasteiger partial charge in [0.05, 0.1) is 12.1 Å². The second kappa shape index (κ2) is 9.71. The lowest BCUT2D eigenvalue weighted by atomic mass is 10.2. The minimum atomic E-state index is -0.874. The second-order valence-corrected chi connectivity index (χ2v) is 7.18. The van der Waals surface area contributed by atoms with E-state index in [1.165, 1.54) is 0 Å². The zero-order valence-electron chi connectivity index (χ0n) is 15.5. The fourth-order valence-corrected chi connectivity index (χ4v) is 3.09. The van der Waals surface area contributed by atoms with Crippen molar-refractivity contribution in [3.05, 3.63) is 88.1 Å². The van der Waals surface area contributed by atoms with Gasteiger partial charge in [-0.05, 0) is 48.2 Å². The van der Waals surface area contributed by atoms with Crippen molar-refractivity contribution < 1.29 is 19.1 Å². The summed E-state index contributed by atoms with van der Waals surface area (Å²) in [5.74, 6) is -0.222. The summed E-state index contributed by atoms with van der Waals surface area (Å²) in [6.07, 6.45) is -0.874. The van der Waals surface area contributed by atoms with E-state index in [0.29, 0.717) is 24.5 Å². The summed E-state index contributed by atoms with van der Waals surface area (Å²) in [5.41, 5.74) is 1.43. The molecule has 1 heterocycles. The summed E-state index contributed by atoms with van der Waals surface area (Å²) in [5, 5.41) is 4.70. The molecule has 1 amide bonds. The van der Waals surface area contributed by atoms with Crippen molar-refractivity contribution >= 4 is 23.2 Å². The topological polar surface area (TPSA) is 64.6 Å².